The Morgan fingerprint density at radius 1 is 0.500 bits per heavy atom. The molecule has 0 aliphatic heterocycles. The molecule has 0 saturated carbocycles. The molecule has 182 valence electrons. The molecule has 0 radical (unpaired) electrons. The van der Waals surface area contributed by atoms with Gasteiger partial charge in [-0.15, -0.1) is 0 Å². The van der Waals surface area contributed by atoms with E-state index in [9.17, 15) is 0 Å². The third kappa shape index (κ3) is 3.49. The second kappa shape index (κ2) is 8.96. The Hall–Kier alpha value is -3.69. The van der Waals surface area contributed by atoms with Gasteiger partial charge in [-0.1, -0.05) is 120 Å². The van der Waals surface area contributed by atoms with E-state index in [1.165, 1.54) is 70.0 Å². The van der Waals surface area contributed by atoms with Crippen molar-refractivity contribution in [1.29, 1.82) is 0 Å². The van der Waals surface area contributed by atoms with Crippen LogP contribution in [0.2, 0.25) is 0 Å². The van der Waals surface area contributed by atoms with Crippen LogP contribution in [0.1, 0.15) is 33.4 Å². The molecule has 0 N–H and O–H groups in total. The zero-order valence-electron chi connectivity index (χ0n) is 21.5. The lowest BCUT2D eigenvalue weighted by atomic mass is 9.67. The molecule has 0 fully saturated rings. The van der Waals surface area contributed by atoms with E-state index in [1.807, 2.05) is 0 Å². The van der Waals surface area contributed by atoms with Gasteiger partial charge in [0, 0.05) is 3.57 Å². The van der Waals surface area contributed by atoms with Crippen molar-refractivity contribution in [2.45, 2.75) is 19.3 Å². The van der Waals surface area contributed by atoms with Crippen LogP contribution in [0.3, 0.4) is 0 Å². The van der Waals surface area contributed by atoms with Gasteiger partial charge in [0.2, 0.25) is 0 Å². The molecule has 0 unspecified atom stereocenters. The van der Waals surface area contributed by atoms with E-state index in [0.717, 1.165) is 0 Å². The lowest BCUT2D eigenvalue weighted by Gasteiger charge is -2.34. The normalized spacial score (nSPS) is 13.3. The Labute approximate surface area is 238 Å². The van der Waals surface area contributed by atoms with Crippen LogP contribution in [-0.4, -0.2) is 0 Å². The summed E-state index contributed by atoms with van der Waals surface area (Å²) in [5.41, 5.74) is 12.7. The number of aryl methyl sites for hydroxylation is 2. The van der Waals surface area contributed by atoms with Crippen LogP contribution < -0.4 is 0 Å². The first-order valence-corrected chi connectivity index (χ1v) is 14.2. The summed E-state index contributed by atoms with van der Waals surface area (Å²) in [7, 11) is 0. The molecule has 0 spiro atoms. The van der Waals surface area contributed by atoms with Crippen molar-refractivity contribution in [3.8, 4) is 22.3 Å². The largest absolute Gasteiger partial charge is 0.0713 e. The van der Waals surface area contributed by atoms with Gasteiger partial charge in [0.05, 0.1) is 5.41 Å². The summed E-state index contributed by atoms with van der Waals surface area (Å²) < 4.78 is 1.26. The molecule has 38 heavy (non-hydrogen) atoms. The first kappa shape index (κ1) is 23.4. The minimum Gasteiger partial charge on any atom is -0.0619 e. The standard InChI is InChI=1S/C37H27I/c1-24-10-17-29(18-11-24)37(30-19-12-25(2)13-20-30)34-8-4-3-6-33(34)36-32(7-5-9-35(36)37)28-15-14-27-23-31(38)21-16-26(27)22-28/h3-23H,1-2H3. The fraction of sp³-hybridized carbons (Fsp3) is 0.0811. The summed E-state index contributed by atoms with van der Waals surface area (Å²) in [4.78, 5) is 0. The number of rotatable bonds is 3. The lowest BCUT2D eigenvalue weighted by molar-refractivity contribution is 0.767. The molecule has 6 aromatic carbocycles. The van der Waals surface area contributed by atoms with Crippen LogP contribution in [0.25, 0.3) is 33.0 Å². The molecule has 7 rings (SSSR count). The average Bonchev–Trinajstić information content (AvgIpc) is 3.25. The summed E-state index contributed by atoms with van der Waals surface area (Å²) in [5, 5.41) is 2.55. The monoisotopic (exact) mass is 598 g/mol. The van der Waals surface area contributed by atoms with Crippen molar-refractivity contribution in [3.05, 3.63) is 164 Å². The molecule has 0 atom stereocenters. The summed E-state index contributed by atoms with van der Waals surface area (Å²) in [5.74, 6) is 0. The van der Waals surface area contributed by atoms with E-state index in [-0.39, 0.29) is 5.41 Å². The van der Waals surface area contributed by atoms with Crippen LogP contribution in [-0.2, 0) is 5.41 Å². The van der Waals surface area contributed by atoms with Gasteiger partial charge in [-0.3, -0.25) is 0 Å². The highest BCUT2D eigenvalue weighted by Crippen LogP contribution is 2.58. The number of benzene rings is 6. The number of halogens is 1. The Kier molecular flexibility index (Phi) is 5.52. The van der Waals surface area contributed by atoms with Gasteiger partial charge in [-0.25, -0.2) is 0 Å². The summed E-state index contributed by atoms with van der Waals surface area (Å²) >= 11 is 2.39. The molecule has 1 aliphatic carbocycles. The predicted molar refractivity (Wildman–Crippen MR) is 169 cm³/mol. The van der Waals surface area contributed by atoms with Crippen LogP contribution in [0.5, 0.6) is 0 Å². The van der Waals surface area contributed by atoms with Crippen LogP contribution in [0.4, 0.5) is 0 Å². The van der Waals surface area contributed by atoms with Crippen LogP contribution >= 0.6 is 22.6 Å². The average molecular weight is 599 g/mol. The van der Waals surface area contributed by atoms with Gasteiger partial charge >= 0.3 is 0 Å². The van der Waals surface area contributed by atoms with Crippen molar-refractivity contribution < 1.29 is 0 Å². The molecule has 6 aromatic rings. The molecular weight excluding hydrogens is 571 g/mol. The highest BCUT2D eigenvalue weighted by atomic mass is 127. The summed E-state index contributed by atoms with van der Waals surface area (Å²) in [6, 6.07) is 47.8. The first-order chi connectivity index (χ1) is 18.6. The maximum Gasteiger partial charge on any atom is 0.0713 e. The van der Waals surface area contributed by atoms with Crippen molar-refractivity contribution in [1.82, 2.24) is 0 Å². The quantitative estimate of drug-likeness (QED) is 0.178. The van der Waals surface area contributed by atoms with Crippen molar-refractivity contribution in [2.24, 2.45) is 0 Å². The number of fused-ring (bicyclic) bond motifs is 4. The molecule has 1 heteroatoms. The third-order valence-electron chi connectivity index (χ3n) is 8.15. The molecule has 0 heterocycles. The second-order valence-corrected chi connectivity index (χ2v) is 11.7. The summed E-state index contributed by atoms with van der Waals surface area (Å²) in [6.07, 6.45) is 0. The van der Waals surface area contributed by atoms with Crippen molar-refractivity contribution in [2.75, 3.05) is 0 Å². The Morgan fingerprint density at radius 3 is 1.79 bits per heavy atom. The summed E-state index contributed by atoms with van der Waals surface area (Å²) in [6.45, 7) is 4.33. The van der Waals surface area contributed by atoms with E-state index < -0.39 is 0 Å². The molecule has 0 aromatic heterocycles. The molecule has 0 nitrogen and oxygen atoms in total. The molecule has 1 aliphatic rings. The van der Waals surface area contributed by atoms with Crippen molar-refractivity contribution >= 4 is 33.4 Å². The molecular formula is C37H27I. The second-order valence-electron chi connectivity index (χ2n) is 10.5. The van der Waals surface area contributed by atoms with E-state index in [2.05, 4.69) is 164 Å². The maximum absolute atomic E-state index is 2.39. The van der Waals surface area contributed by atoms with Gasteiger partial charge in [0.25, 0.3) is 0 Å². The SMILES string of the molecule is Cc1ccc(C2(c3ccc(C)cc3)c3ccccc3-c3c(-c4ccc5cc(I)ccc5c4)cccc32)cc1. The highest BCUT2D eigenvalue weighted by Gasteiger charge is 2.46. The van der Waals surface area contributed by atoms with Gasteiger partial charge in [-0.2, -0.15) is 0 Å². The van der Waals surface area contributed by atoms with Crippen LogP contribution in [0, 0.1) is 17.4 Å². The van der Waals surface area contributed by atoms with Gasteiger partial charge in [0.1, 0.15) is 0 Å². The van der Waals surface area contributed by atoms with Crippen LogP contribution in [0.15, 0.2) is 127 Å². The zero-order valence-corrected chi connectivity index (χ0v) is 23.7. The third-order valence-corrected chi connectivity index (χ3v) is 8.82. The molecule has 0 bridgehead atoms. The van der Waals surface area contributed by atoms with E-state index >= 15 is 0 Å². The number of hydrogen-bond donors (Lipinski definition) is 0. The predicted octanol–water partition coefficient (Wildman–Crippen LogP) is 10.1. The van der Waals surface area contributed by atoms with Gasteiger partial charge < -0.3 is 0 Å². The number of hydrogen-bond acceptors (Lipinski definition) is 0. The maximum atomic E-state index is 2.39. The zero-order chi connectivity index (χ0) is 25.9. The lowest BCUT2D eigenvalue weighted by Crippen LogP contribution is -2.28. The van der Waals surface area contributed by atoms with Gasteiger partial charge in [0.15, 0.2) is 0 Å². The molecule has 0 saturated heterocycles. The van der Waals surface area contributed by atoms with Gasteiger partial charge in [-0.05, 0) is 110 Å². The minimum atomic E-state index is -0.379. The smallest absolute Gasteiger partial charge is 0.0619 e. The highest BCUT2D eigenvalue weighted by molar-refractivity contribution is 14.1. The van der Waals surface area contributed by atoms with E-state index in [1.54, 1.807) is 0 Å². The first-order valence-electron chi connectivity index (χ1n) is 13.1. The fourth-order valence-electron chi connectivity index (χ4n) is 6.35. The van der Waals surface area contributed by atoms with E-state index in [4.69, 9.17) is 0 Å². The Morgan fingerprint density at radius 2 is 1.08 bits per heavy atom. The Bertz CT molecular complexity index is 1780. The minimum absolute atomic E-state index is 0.379. The topological polar surface area (TPSA) is 0 Å². The molecule has 0 amide bonds. The van der Waals surface area contributed by atoms with Crippen molar-refractivity contribution in [3.63, 3.8) is 0 Å². The Balaban J connectivity index is 1.58. The van der Waals surface area contributed by atoms with E-state index in [0.29, 0.717) is 0 Å². The fourth-order valence-corrected chi connectivity index (χ4v) is 6.86.